The van der Waals surface area contributed by atoms with Crippen molar-refractivity contribution >= 4 is 17.5 Å². The molecule has 1 aromatic carbocycles. The molecule has 0 aliphatic carbocycles. The van der Waals surface area contributed by atoms with Crippen molar-refractivity contribution in [3.63, 3.8) is 0 Å². The van der Waals surface area contributed by atoms with Gasteiger partial charge >= 0.3 is 0 Å². The molecule has 0 saturated heterocycles. The van der Waals surface area contributed by atoms with Gasteiger partial charge in [-0.15, -0.1) is 10.2 Å². The molecule has 3 rings (SSSR count). The van der Waals surface area contributed by atoms with E-state index < -0.39 is 0 Å². The summed E-state index contributed by atoms with van der Waals surface area (Å²) in [6, 6.07) is 10.8. The molecule has 3 aromatic rings. The zero-order valence-electron chi connectivity index (χ0n) is 13.4. The van der Waals surface area contributed by atoms with E-state index in [1.807, 2.05) is 24.6 Å². The summed E-state index contributed by atoms with van der Waals surface area (Å²) in [5, 5.41) is 8.90. The zero-order valence-corrected chi connectivity index (χ0v) is 14.2. The van der Waals surface area contributed by atoms with Crippen molar-refractivity contribution in [2.45, 2.75) is 12.1 Å². The molecule has 2 aromatic heterocycles. The van der Waals surface area contributed by atoms with Gasteiger partial charge in [0.25, 0.3) is 0 Å². The summed E-state index contributed by atoms with van der Waals surface area (Å²) < 4.78 is 12.5. The Labute approximate surface area is 143 Å². The number of nitrogens with zero attached hydrogens (tertiary/aromatic N) is 3. The Morgan fingerprint density at radius 1 is 1.25 bits per heavy atom. The Morgan fingerprint density at radius 3 is 2.71 bits per heavy atom. The second kappa shape index (κ2) is 7.35. The molecule has 0 aliphatic rings. The van der Waals surface area contributed by atoms with Crippen LogP contribution in [-0.4, -0.2) is 32.9 Å². The number of benzene rings is 1. The first kappa shape index (κ1) is 16.3. The number of hydrogen-bond donors (Lipinski definition) is 0. The van der Waals surface area contributed by atoms with Crippen molar-refractivity contribution in [3.05, 3.63) is 48.2 Å². The third-order valence-electron chi connectivity index (χ3n) is 3.40. The molecule has 124 valence electrons. The van der Waals surface area contributed by atoms with Crippen LogP contribution in [0.1, 0.15) is 17.3 Å². The van der Waals surface area contributed by atoms with E-state index in [0.29, 0.717) is 28.9 Å². The van der Waals surface area contributed by atoms with Crippen LogP contribution in [-0.2, 0) is 7.05 Å². The Kier molecular flexibility index (Phi) is 5.00. The quantitative estimate of drug-likeness (QED) is 0.483. The Balaban J connectivity index is 1.64. The predicted octanol–water partition coefficient (Wildman–Crippen LogP) is 3.45. The van der Waals surface area contributed by atoms with Crippen molar-refractivity contribution < 1.29 is 13.9 Å². The maximum atomic E-state index is 12.3. The van der Waals surface area contributed by atoms with E-state index in [4.69, 9.17) is 9.15 Å². The monoisotopic (exact) mass is 343 g/mol. The number of aromatic nitrogens is 3. The van der Waals surface area contributed by atoms with Crippen molar-refractivity contribution in [2.24, 2.45) is 7.05 Å². The Hall–Kier alpha value is -2.54. The first-order valence-electron chi connectivity index (χ1n) is 7.51. The van der Waals surface area contributed by atoms with E-state index in [1.54, 1.807) is 36.6 Å². The highest BCUT2D eigenvalue weighted by Crippen LogP contribution is 2.23. The van der Waals surface area contributed by atoms with E-state index in [9.17, 15) is 4.79 Å². The molecule has 0 amide bonds. The van der Waals surface area contributed by atoms with Crippen LogP contribution in [0.15, 0.2) is 52.2 Å². The van der Waals surface area contributed by atoms with Gasteiger partial charge in [-0.2, -0.15) is 0 Å². The zero-order chi connectivity index (χ0) is 16.9. The summed E-state index contributed by atoms with van der Waals surface area (Å²) in [4.78, 5) is 12.3. The van der Waals surface area contributed by atoms with Gasteiger partial charge in [0.2, 0.25) is 0 Å². The SMILES string of the molecule is CCOc1ccc(C(=O)CSc2nnc(-c3ccco3)n2C)cc1. The first-order valence-corrected chi connectivity index (χ1v) is 8.49. The Bertz CT molecular complexity index is 810. The number of rotatable bonds is 7. The summed E-state index contributed by atoms with van der Waals surface area (Å²) >= 11 is 1.35. The van der Waals surface area contributed by atoms with Crippen LogP contribution in [0.3, 0.4) is 0 Å². The minimum atomic E-state index is 0.0330. The number of Topliss-reactive ketones (excluding diaryl/α,β-unsaturated/α-hetero) is 1. The number of carbonyl (C=O) groups is 1. The van der Waals surface area contributed by atoms with Crippen molar-refractivity contribution in [3.8, 4) is 17.3 Å². The lowest BCUT2D eigenvalue weighted by Gasteiger charge is -2.05. The summed E-state index contributed by atoms with van der Waals surface area (Å²) in [7, 11) is 1.85. The van der Waals surface area contributed by atoms with Gasteiger partial charge in [-0.25, -0.2) is 0 Å². The minimum Gasteiger partial charge on any atom is -0.494 e. The fourth-order valence-corrected chi connectivity index (χ4v) is 2.98. The molecule has 0 fully saturated rings. The van der Waals surface area contributed by atoms with E-state index in [2.05, 4.69) is 10.2 Å². The van der Waals surface area contributed by atoms with Crippen LogP contribution in [0.5, 0.6) is 5.75 Å². The maximum Gasteiger partial charge on any atom is 0.200 e. The number of ether oxygens (including phenoxy) is 1. The lowest BCUT2D eigenvalue weighted by molar-refractivity contribution is 0.102. The molecule has 24 heavy (non-hydrogen) atoms. The van der Waals surface area contributed by atoms with Crippen LogP contribution >= 0.6 is 11.8 Å². The van der Waals surface area contributed by atoms with Gasteiger partial charge < -0.3 is 13.7 Å². The third-order valence-corrected chi connectivity index (χ3v) is 4.42. The maximum absolute atomic E-state index is 12.3. The topological polar surface area (TPSA) is 70.2 Å². The molecule has 0 atom stereocenters. The van der Waals surface area contributed by atoms with Gasteiger partial charge in [0.1, 0.15) is 5.75 Å². The largest absolute Gasteiger partial charge is 0.494 e. The molecule has 6 nitrogen and oxygen atoms in total. The number of furan rings is 1. The lowest BCUT2D eigenvalue weighted by Crippen LogP contribution is -2.04. The molecule has 0 saturated carbocycles. The minimum absolute atomic E-state index is 0.0330. The summed E-state index contributed by atoms with van der Waals surface area (Å²) in [6.45, 7) is 2.53. The number of thioether (sulfide) groups is 1. The molecule has 0 bridgehead atoms. The first-order chi connectivity index (χ1) is 11.7. The van der Waals surface area contributed by atoms with Gasteiger partial charge in [-0.1, -0.05) is 11.8 Å². The smallest absolute Gasteiger partial charge is 0.200 e. The van der Waals surface area contributed by atoms with Gasteiger partial charge in [-0.3, -0.25) is 4.79 Å². The normalized spacial score (nSPS) is 10.8. The molecule has 0 spiro atoms. The second-order valence-electron chi connectivity index (χ2n) is 5.01. The molecule has 7 heteroatoms. The van der Waals surface area contributed by atoms with Crippen molar-refractivity contribution in [1.82, 2.24) is 14.8 Å². The van der Waals surface area contributed by atoms with Crippen LogP contribution in [0.2, 0.25) is 0 Å². The molecule has 0 unspecified atom stereocenters. The van der Waals surface area contributed by atoms with Crippen LogP contribution < -0.4 is 4.74 Å². The third kappa shape index (κ3) is 3.51. The Morgan fingerprint density at radius 2 is 2.04 bits per heavy atom. The van der Waals surface area contributed by atoms with Crippen molar-refractivity contribution in [1.29, 1.82) is 0 Å². The number of carbonyl (C=O) groups excluding carboxylic acids is 1. The number of ketones is 1. The molecular formula is C17H17N3O3S. The highest BCUT2D eigenvalue weighted by atomic mass is 32.2. The highest BCUT2D eigenvalue weighted by molar-refractivity contribution is 7.99. The summed E-state index contributed by atoms with van der Waals surface area (Å²) in [5.74, 6) is 2.37. The fourth-order valence-electron chi connectivity index (χ4n) is 2.18. The van der Waals surface area contributed by atoms with E-state index in [0.717, 1.165) is 5.75 Å². The van der Waals surface area contributed by atoms with E-state index in [-0.39, 0.29) is 11.5 Å². The average molecular weight is 343 g/mol. The molecule has 0 radical (unpaired) electrons. The molecular weight excluding hydrogens is 326 g/mol. The van der Waals surface area contributed by atoms with Gasteiger partial charge in [0.05, 0.1) is 18.6 Å². The highest BCUT2D eigenvalue weighted by Gasteiger charge is 2.15. The standard InChI is InChI=1S/C17H17N3O3S/c1-3-22-13-8-6-12(7-9-13)14(21)11-24-17-19-18-16(20(17)2)15-5-4-10-23-15/h4-10H,3,11H2,1-2H3. The fraction of sp³-hybridized carbons (Fsp3) is 0.235. The molecule has 2 heterocycles. The van der Waals surface area contributed by atoms with Crippen LogP contribution in [0.25, 0.3) is 11.6 Å². The van der Waals surface area contributed by atoms with E-state index >= 15 is 0 Å². The van der Waals surface area contributed by atoms with Crippen LogP contribution in [0.4, 0.5) is 0 Å². The van der Waals surface area contributed by atoms with Gasteiger partial charge in [0.15, 0.2) is 22.5 Å². The summed E-state index contributed by atoms with van der Waals surface area (Å²) in [5.41, 5.74) is 0.652. The lowest BCUT2D eigenvalue weighted by atomic mass is 10.1. The van der Waals surface area contributed by atoms with Crippen molar-refractivity contribution in [2.75, 3.05) is 12.4 Å². The van der Waals surface area contributed by atoms with Gasteiger partial charge in [-0.05, 0) is 43.3 Å². The molecule has 0 N–H and O–H groups in total. The average Bonchev–Trinajstić information content (AvgIpc) is 3.23. The number of hydrogen-bond acceptors (Lipinski definition) is 6. The summed E-state index contributed by atoms with van der Waals surface area (Å²) in [6.07, 6.45) is 1.59. The predicted molar refractivity (Wildman–Crippen MR) is 91.4 cm³/mol. The van der Waals surface area contributed by atoms with Gasteiger partial charge in [0, 0.05) is 12.6 Å². The van der Waals surface area contributed by atoms with Crippen LogP contribution in [0, 0.1) is 0 Å². The molecule has 0 aliphatic heterocycles. The van der Waals surface area contributed by atoms with E-state index in [1.165, 1.54) is 11.8 Å². The second-order valence-corrected chi connectivity index (χ2v) is 5.95.